The van der Waals surface area contributed by atoms with Gasteiger partial charge in [-0.1, -0.05) is 18.2 Å². The number of aromatic nitrogens is 1. The van der Waals surface area contributed by atoms with E-state index in [0.29, 0.717) is 24.4 Å². The lowest BCUT2D eigenvalue weighted by Crippen LogP contribution is -2.40. The van der Waals surface area contributed by atoms with Gasteiger partial charge in [-0.15, -0.1) is 0 Å². The maximum absolute atomic E-state index is 13.3. The van der Waals surface area contributed by atoms with Crippen molar-refractivity contribution in [2.75, 3.05) is 13.7 Å². The van der Waals surface area contributed by atoms with Gasteiger partial charge in [-0.25, -0.2) is 4.99 Å². The van der Waals surface area contributed by atoms with Gasteiger partial charge < -0.3 is 14.6 Å². The molecule has 28 heavy (non-hydrogen) atoms. The van der Waals surface area contributed by atoms with Gasteiger partial charge in [0.05, 0.1) is 18.7 Å². The van der Waals surface area contributed by atoms with Gasteiger partial charge in [-0.2, -0.15) is 0 Å². The monoisotopic (exact) mass is 373 g/mol. The number of rotatable bonds is 2. The van der Waals surface area contributed by atoms with Crippen molar-refractivity contribution in [3.63, 3.8) is 0 Å². The summed E-state index contributed by atoms with van der Waals surface area (Å²) in [5.41, 5.74) is 4.44. The molecule has 0 spiro atoms. The number of benzene rings is 1. The van der Waals surface area contributed by atoms with Crippen molar-refractivity contribution in [2.45, 2.75) is 13.0 Å². The highest BCUT2D eigenvalue weighted by atomic mass is 16.5. The molecule has 1 unspecified atom stereocenters. The SMILES string of the molecule is COc1ccc2[nH]c3c(c2c1)CN(C(=O)C1=CC(=O)N=C2C=CC=CC12)CC3. The molecule has 140 valence electrons. The average molecular weight is 373 g/mol. The summed E-state index contributed by atoms with van der Waals surface area (Å²) in [4.78, 5) is 34.6. The number of aromatic amines is 1. The van der Waals surface area contributed by atoms with Crippen LogP contribution in [-0.4, -0.2) is 41.1 Å². The van der Waals surface area contributed by atoms with E-state index in [2.05, 4.69) is 9.98 Å². The van der Waals surface area contributed by atoms with Crippen LogP contribution in [0, 0.1) is 5.92 Å². The van der Waals surface area contributed by atoms with Crippen LogP contribution in [0.15, 0.2) is 59.1 Å². The van der Waals surface area contributed by atoms with Crippen LogP contribution in [0.3, 0.4) is 0 Å². The zero-order valence-electron chi connectivity index (χ0n) is 15.4. The molecule has 1 aromatic carbocycles. The first-order chi connectivity index (χ1) is 13.6. The molecule has 3 heterocycles. The van der Waals surface area contributed by atoms with Gasteiger partial charge in [0.25, 0.3) is 11.8 Å². The molecule has 1 atom stereocenters. The number of aliphatic imine (C=N–C) groups is 1. The molecule has 1 aliphatic carbocycles. The summed E-state index contributed by atoms with van der Waals surface area (Å²) in [6, 6.07) is 5.93. The van der Waals surface area contributed by atoms with Crippen LogP contribution in [-0.2, 0) is 22.6 Å². The number of carbonyl (C=O) groups excluding carboxylic acids is 2. The minimum Gasteiger partial charge on any atom is -0.497 e. The normalized spacial score (nSPS) is 20.5. The Bertz CT molecular complexity index is 1130. The lowest BCUT2D eigenvalue weighted by Gasteiger charge is -2.31. The third-order valence-electron chi connectivity index (χ3n) is 5.57. The lowest BCUT2D eigenvalue weighted by molar-refractivity contribution is -0.128. The van der Waals surface area contributed by atoms with Gasteiger partial charge in [0, 0.05) is 53.3 Å². The summed E-state index contributed by atoms with van der Waals surface area (Å²) in [6.45, 7) is 1.12. The zero-order valence-corrected chi connectivity index (χ0v) is 15.4. The van der Waals surface area contributed by atoms with Crippen molar-refractivity contribution in [3.8, 4) is 5.75 Å². The molecule has 0 radical (unpaired) electrons. The Kier molecular flexibility index (Phi) is 3.79. The second-order valence-corrected chi connectivity index (χ2v) is 7.17. The number of ether oxygens (including phenoxy) is 1. The molecule has 2 aliphatic heterocycles. The van der Waals surface area contributed by atoms with E-state index in [-0.39, 0.29) is 17.7 Å². The van der Waals surface area contributed by atoms with Crippen molar-refractivity contribution in [3.05, 3.63) is 65.4 Å². The summed E-state index contributed by atoms with van der Waals surface area (Å²) in [6.07, 6.45) is 9.57. The van der Waals surface area contributed by atoms with Crippen LogP contribution in [0.4, 0.5) is 0 Å². The Balaban J connectivity index is 1.47. The molecule has 6 nitrogen and oxygen atoms in total. The minimum atomic E-state index is -0.371. The fourth-order valence-electron chi connectivity index (χ4n) is 4.15. The number of fused-ring (bicyclic) bond motifs is 4. The van der Waals surface area contributed by atoms with Gasteiger partial charge in [0.15, 0.2) is 0 Å². The van der Waals surface area contributed by atoms with Gasteiger partial charge >= 0.3 is 0 Å². The number of amides is 2. The van der Waals surface area contributed by atoms with Crippen molar-refractivity contribution < 1.29 is 14.3 Å². The Morgan fingerprint density at radius 1 is 1.32 bits per heavy atom. The maximum atomic E-state index is 13.3. The summed E-state index contributed by atoms with van der Waals surface area (Å²) >= 11 is 0. The summed E-state index contributed by atoms with van der Waals surface area (Å²) in [7, 11) is 1.65. The first-order valence-corrected chi connectivity index (χ1v) is 9.30. The predicted octanol–water partition coefficient (Wildman–Crippen LogP) is 2.71. The Labute approximate surface area is 161 Å². The van der Waals surface area contributed by atoms with E-state index in [1.165, 1.54) is 6.08 Å². The van der Waals surface area contributed by atoms with E-state index >= 15 is 0 Å². The second-order valence-electron chi connectivity index (χ2n) is 7.17. The number of dihydropyridines is 1. The average Bonchev–Trinajstić information content (AvgIpc) is 3.09. The molecule has 0 saturated heterocycles. The van der Waals surface area contributed by atoms with Crippen LogP contribution in [0.2, 0.25) is 0 Å². The predicted molar refractivity (Wildman–Crippen MR) is 106 cm³/mol. The molecule has 2 amide bonds. The second kappa shape index (κ2) is 6.34. The molecule has 1 N–H and O–H groups in total. The smallest absolute Gasteiger partial charge is 0.270 e. The molecule has 1 aromatic heterocycles. The van der Waals surface area contributed by atoms with E-state index in [1.54, 1.807) is 13.2 Å². The standard InChI is InChI=1S/C22H19N3O3/c1-28-13-6-7-19-15(10-13)17-12-25(9-8-20(17)23-19)22(27)16-11-21(26)24-18-5-3-2-4-14(16)18/h2-7,10-11,14,23H,8-9,12H2,1H3. The van der Waals surface area contributed by atoms with E-state index in [1.807, 2.05) is 41.3 Å². The zero-order chi connectivity index (χ0) is 19.3. The summed E-state index contributed by atoms with van der Waals surface area (Å²) < 4.78 is 5.35. The number of nitrogens with one attached hydrogen (secondary N) is 1. The van der Waals surface area contributed by atoms with Crippen molar-refractivity contribution >= 4 is 28.4 Å². The van der Waals surface area contributed by atoms with Crippen molar-refractivity contribution in [1.29, 1.82) is 0 Å². The quantitative estimate of drug-likeness (QED) is 0.880. The van der Waals surface area contributed by atoms with E-state index in [9.17, 15) is 9.59 Å². The fourth-order valence-corrected chi connectivity index (χ4v) is 4.15. The Morgan fingerprint density at radius 3 is 3.07 bits per heavy atom. The molecule has 0 bridgehead atoms. The molecule has 3 aliphatic rings. The Morgan fingerprint density at radius 2 is 2.21 bits per heavy atom. The van der Waals surface area contributed by atoms with Gasteiger partial charge in [0.2, 0.25) is 0 Å². The number of methoxy groups -OCH3 is 1. The topological polar surface area (TPSA) is 74.8 Å². The highest BCUT2D eigenvalue weighted by Gasteiger charge is 2.33. The number of H-pyrrole nitrogens is 1. The molecule has 2 aromatic rings. The summed E-state index contributed by atoms with van der Waals surface area (Å²) in [5, 5.41) is 1.07. The van der Waals surface area contributed by atoms with Gasteiger partial charge in [0.1, 0.15) is 5.75 Å². The highest BCUT2D eigenvalue weighted by Crippen LogP contribution is 2.32. The minimum absolute atomic E-state index is 0.103. The lowest BCUT2D eigenvalue weighted by atomic mass is 9.87. The number of hydrogen-bond donors (Lipinski definition) is 1. The molecular formula is C22H19N3O3. The largest absolute Gasteiger partial charge is 0.497 e. The van der Waals surface area contributed by atoms with Gasteiger partial charge in [-0.3, -0.25) is 9.59 Å². The first kappa shape index (κ1) is 16.7. The molecule has 6 heteroatoms. The molecule has 0 saturated carbocycles. The molecule has 5 rings (SSSR count). The van der Waals surface area contributed by atoms with Crippen LogP contribution in [0.25, 0.3) is 10.9 Å². The fraction of sp³-hybridized carbons (Fsp3) is 0.227. The van der Waals surface area contributed by atoms with Crippen LogP contribution in [0.5, 0.6) is 5.75 Å². The third-order valence-corrected chi connectivity index (χ3v) is 5.57. The number of carbonyl (C=O) groups is 2. The first-order valence-electron chi connectivity index (χ1n) is 9.30. The van der Waals surface area contributed by atoms with Crippen molar-refractivity contribution in [2.24, 2.45) is 10.9 Å². The van der Waals surface area contributed by atoms with Crippen LogP contribution in [0.1, 0.15) is 11.3 Å². The highest BCUT2D eigenvalue weighted by molar-refractivity contribution is 6.18. The molecule has 0 fully saturated rings. The maximum Gasteiger partial charge on any atom is 0.270 e. The number of allylic oxidation sites excluding steroid dienone is 4. The Hall–Kier alpha value is -3.41. The molecular weight excluding hydrogens is 354 g/mol. The van der Waals surface area contributed by atoms with Crippen molar-refractivity contribution in [1.82, 2.24) is 9.88 Å². The van der Waals surface area contributed by atoms with E-state index in [4.69, 9.17) is 4.74 Å². The third kappa shape index (κ3) is 2.60. The number of nitrogens with zero attached hydrogens (tertiary/aromatic N) is 2. The van der Waals surface area contributed by atoms with Crippen LogP contribution >= 0.6 is 0 Å². The summed E-state index contributed by atoms with van der Waals surface area (Å²) in [5.74, 6) is 0.0654. The van der Waals surface area contributed by atoms with E-state index < -0.39 is 0 Å². The van der Waals surface area contributed by atoms with E-state index in [0.717, 1.165) is 34.3 Å². The van der Waals surface area contributed by atoms with Crippen LogP contribution < -0.4 is 4.74 Å². The van der Waals surface area contributed by atoms with Gasteiger partial charge in [-0.05, 0) is 24.3 Å². The number of hydrogen-bond acceptors (Lipinski definition) is 3.